The highest BCUT2D eigenvalue weighted by atomic mass is 79.9. The Morgan fingerprint density at radius 3 is 2.85 bits per heavy atom. The molecule has 0 bridgehead atoms. The van der Waals surface area contributed by atoms with Gasteiger partial charge in [0.05, 0.1) is 0 Å². The van der Waals surface area contributed by atoms with Crippen molar-refractivity contribution in [2.24, 2.45) is 0 Å². The number of halogens is 1. The molecule has 3 aliphatic rings. The Morgan fingerprint density at radius 1 is 1.35 bits per heavy atom. The first kappa shape index (κ1) is 18.1. The summed E-state index contributed by atoms with van der Waals surface area (Å²) in [7, 11) is 2.22. The lowest BCUT2D eigenvalue weighted by Crippen LogP contribution is -2.56. The van der Waals surface area contributed by atoms with Crippen LogP contribution in [0.4, 0.5) is 10.5 Å². The number of hydrogen-bond donors (Lipinski definition) is 2. The van der Waals surface area contributed by atoms with Crippen LogP contribution in [0.1, 0.15) is 49.7 Å². The third kappa shape index (κ3) is 3.01. The smallest absolute Gasteiger partial charge is 0.317 e. The topological polar surface area (TPSA) is 47.6 Å². The number of nitrogens with zero attached hydrogens (tertiary/aromatic N) is 2. The van der Waals surface area contributed by atoms with Gasteiger partial charge in [0.2, 0.25) is 0 Å². The van der Waals surface area contributed by atoms with Crippen molar-refractivity contribution < 1.29 is 4.79 Å². The van der Waals surface area contributed by atoms with Crippen molar-refractivity contribution in [1.82, 2.24) is 15.1 Å². The number of likely N-dealkylation sites (N-methyl/N-ethyl adjacent to an activating group) is 1. The van der Waals surface area contributed by atoms with E-state index in [4.69, 9.17) is 0 Å². The summed E-state index contributed by atoms with van der Waals surface area (Å²) in [6.45, 7) is 7.56. The molecular weight excluding hydrogens is 392 g/mol. The zero-order chi connectivity index (χ0) is 18.4. The average Bonchev–Trinajstić information content (AvgIpc) is 3.00. The van der Waals surface area contributed by atoms with Gasteiger partial charge in [-0.25, -0.2) is 4.79 Å². The SMILES string of the molecule is CCN(CC)C(=O)N[C@H]1C[C@@H]2c3cc(Br)cc4c3C(CN4)C[C@H]2N(C)C1. The molecule has 1 fully saturated rings. The fraction of sp³-hybridized carbons (Fsp3) is 0.650. The summed E-state index contributed by atoms with van der Waals surface area (Å²) in [5.41, 5.74) is 4.31. The number of carbonyl (C=O) groups excluding carboxylic acids is 1. The third-order valence-electron chi connectivity index (χ3n) is 6.51. The van der Waals surface area contributed by atoms with Gasteiger partial charge in [0.15, 0.2) is 0 Å². The molecule has 4 atom stereocenters. The second kappa shape index (κ2) is 7.04. The van der Waals surface area contributed by atoms with E-state index < -0.39 is 0 Å². The van der Waals surface area contributed by atoms with Crippen molar-refractivity contribution in [3.05, 3.63) is 27.7 Å². The number of likely N-dealkylation sites (tertiary alicyclic amines) is 1. The molecular formula is C20H29BrN4O. The van der Waals surface area contributed by atoms with E-state index in [1.54, 1.807) is 0 Å². The Kier molecular flexibility index (Phi) is 4.90. The van der Waals surface area contributed by atoms with Crippen LogP contribution in [0, 0.1) is 0 Å². The summed E-state index contributed by atoms with van der Waals surface area (Å²) in [4.78, 5) is 16.9. The van der Waals surface area contributed by atoms with E-state index in [0.29, 0.717) is 17.9 Å². The number of benzene rings is 1. The maximum absolute atomic E-state index is 12.5. The van der Waals surface area contributed by atoms with Crippen molar-refractivity contribution in [3.63, 3.8) is 0 Å². The van der Waals surface area contributed by atoms with E-state index in [-0.39, 0.29) is 12.1 Å². The number of piperidine rings is 1. The van der Waals surface area contributed by atoms with E-state index in [9.17, 15) is 4.79 Å². The Labute approximate surface area is 164 Å². The predicted molar refractivity (Wildman–Crippen MR) is 109 cm³/mol. The monoisotopic (exact) mass is 420 g/mol. The maximum atomic E-state index is 12.5. The van der Waals surface area contributed by atoms with Crippen molar-refractivity contribution in [3.8, 4) is 0 Å². The number of urea groups is 1. The average molecular weight is 421 g/mol. The van der Waals surface area contributed by atoms with E-state index in [1.165, 1.54) is 23.2 Å². The minimum atomic E-state index is 0.0710. The molecule has 0 spiro atoms. The Balaban J connectivity index is 1.59. The molecule has 142 valence electrons. The van der Waals surface area contributed by atoms with Crippen LogP contribution in [0.15, 0.2) is 16.6 Å². The fourth-order valence-electron chi connectivity index (χ4n) is 5.26. The van der Waals surface area contributed by atoms with Gasteiger partial charge >= 0.3 is 6.03 Å². The normalized spacial score (nSPS) is 29.5. The van der Waals surface area contributed by atoms with Crippen LogP contribution in [0.25, 0.3) is 0 Å². The molecule has 1 saturated heterocycles. The van der Waals surface area contributed by atoms with Gasteiger partial charge in [0.25, 0.3) is 0 Å². The highest BCUT2D eigenvalue weighted by Crippen LogP contribution is 2.50. The summed E-state index contributed by atoms with van der Waals surface area (Å²) in [6.07, 6.45) is 2.24. The van der Waals surface area contributed by atoms with Gasteiger partial charge in [-0.15, -0.1) is 0 Å². The van der Waals surface area contributed by atoms with Crippen LogP contribution in [0.5, 0.6) is 0 Å². The van der Waals surface area contributed by atoms with Crippen LogP contribution in [-0.2, 0) is 0 Å². The lowest BCUT2D eigenvalue weighted by Gasteiger charge is -2.47. The van der Waals surface area contributed by atoms with Gasteiger partial charge in [0.1, 0.15) is 0 Å². The zero-order valence-electron chi connectivity index (χ0n) is 15.9. The molecule has 0 radical (unpaired) electrons. The van der Waals surface area contributed by atoms with Gasteiger partial charge in [-0.3, -0.25) is 0 Å². The van der Waals surface area contributed by atoms with Gasteiger partial charge in [-0.05, 0) is 57.0 Å². The van der Waals surface area contributed by atoms with Gasteiger partial charge in [0, 0.05) is 60.3 Å². The highest BCUT2D eigenvalue weighted by Gasteiger charge is 2.44. The Bertz CT molecular complexity index is 705. The summed E-state index contributed by atoms with van der Waals surface area (Å²) in [5.74, 6) is 1.11. The number of carbonyl (C=O) groups is 1. The summed E-state index contributed by atoms with van der Waals surface area (Å²) >= 11 is 3.70. The number of anilines is 1. The minimum Gasteiger partial charge on any atom is -0.384 e. The minimum absolute atomic E-state index is 0.0710. The largest absolute Gasteiger partial charge is 0.384 e. The molecule has 0 aromatic heterocycles. The molecule has 1 aliphatic carbocycles. The Hall–Kier alpha value is -1.27. The number of fused-ring (bicyclic) bond motifs is 2. The number of hydrogen-bond acceptors (Lipinski definition) is 3. The second-order valence-electron chi connectivity index (χ2n) is 7.94. The van der Waals surface area contributed by atoms with Crippen LogP contribution in [0.3, 0.4) is 0 Å². The molecule has 4 rings (SSSR count). The predicted octanol–water partition coefficient (Wildman–Crippen LogP) is 3.57. The van der Waals surface area contributed by atoms with Crippen LogP contribution < -0.4 is 10.6 Å². The van der Waals surface area contributed by atoms with Crippen molar-refractivity contribution in [1.29, 1.82) is 0 Å². The Morgan fingerprint density at radius 2 is 2.12 bits per heavy atom. The van der Waals surface area contributed by atoms with E-state index >= 15 is 0 Å². The molecule has 6 heteroatoms. The third-order valence-corrected chi connectivity index (χ3v) is 6.96. The van der Waals surface area contributed by atoms with Gasteiger partial charge in [-0.1, -0.05) is 15.9 Å². The van der Waals surface area contributed by atoms with Crippen LogP contribution >= 0.6 is 15.9 Å². The number of amides is 2. The molecule has 2 amide bonds. The second-order valence-corrected chi connectivity index (χ2v) is 8.85. The lowest BCUT2D eigenvalue weighted by atomic mass is 9.70. The molecule has 5 nitrogen and oxygen atoms in total. The molecule has 2 N–H and O–H groups in total. The standard InChI is InChI=1S/C20H29BrN4O/c1-4-25(5-2)20(26)23-14-9-15-16-7-13(21)8-17-19(16)12(10-22-17)6-18(15)24(3)11-14/h7-8,12,14-15,18,22H,4-6,9-11H2,1-3H3,(H,23,26)/t12?,14-,15+,18+/m0/s1. The molecule has 0 saturated carbocycles. The zero-order valence-corrected chi connectivity index (χ0v) is 17.5. The van der Waals surface area contributed by atoms with Crippen molar-refractivity contribution >= 4 is 27.6 Å². The molecule has 2 aliphatic heterocycles. The summed E-state index contributed by atoms with van der Waals surface area (Å²) in [6, 6.07) is 5.37. The summed E-state index contributed by atoms with van der Waals surface area (Å²) in [5, 5.41) is 6.89. The first-order valence-electron chi connectivity index (χ1n) is 9.84. The molecule has 1 aromatic carbocycles. The van der Waals surface area contributed by atoms with E-state index in [0.717, 1.165) is 37.1 Å². The summed E-state index contributed by atoms with van der Waals surface area (Å²) < 4.78 is 1.15. The van der Waals surface area contributed by atoms with E-state index in [2.05, 4.69) is 50.6 Å². The first-order valence-corrected chi connectivity index (χ1v) is 10.6. The van der Waals surface area contributed by atoms with Gasteiger partial charge < -0.3 is 20.4 Å². The fourth-order valence-corrected chi connectivity index (χ4v) is 5.74. The quantitative estimate of drug-likeness (QED) is 0.785. The van der Waals surface area contributed by atoms with Crippen molar-refractivity contribution in [2.45, 2.75) is 50.6 Å². The number of nitrogens with one attached hydrogen (secondary N) is 2. The molecule has 26 heavy (non-hydrogen) atoms. The first-order chi connectivity index (χ1) is 12.5. The molecule has 1 aromatic rings. The van der Waals surface area contributed by atoms with Crippen LogP contribution in [0.2, 0.25) is 0 Å². The molecule has 1 unspecified atom stereocenters. The molecule has 2 heterocycles. The maximum Gasteiger partial charge on any atom is 0.317 e. The van der Waals surface area contributed by atoms with Crippen molar-refractivity contribution in [2.75, 3.05) is 38.5 Å². The lowest BCUT2D eigenvalue weighted by molar-refractivity contribution is 0.108. The highest BCUT2D eigenvalue weighted by molar-refractivity contribution is 9.10. The van der Waals surface area contributed by atoms with E-state index in [1.807, 2.05) is 18.7 Å². The van der Waals surface area contributed by atoms with Gasteiger partial charge in [-0.2, -0.15) is 0 Å². The van der Waals surface area contributed by atoms with Crippen LogP contribution in [-0.4, -0.2) is 61.1 Å². The number of rotatable bonds is 3.